The van der Waals surface area contributed by atoms with Crippen LogP contribution in [0.5, 0.6) is 0 Å². The number of rotatable bonds is 4. The number of anilines is 1. The molecular formula is C17H26N4O4S2. The maximum Gasteiger partial charge on any atom is 0.410 e. The van der Waals surface area contributed by atoms with Gasteiger partial charge in [-0.25, -0.2) is 17.9 Å². The van der Waals surface area contributed by atoms with Crippen molar-refractivity contribution in [2.75, 3.05) is 18.4 Å². The average molecular weight is 415 g/mol. The summed E-state index contributed by atoms with van der Waals surface area (Å²) in [6.07, 6.45) is 0.684. The summed E-state index contributed by atoms with van der Waals surface area (Å²) in [6, 6.07) is 5.93. The lowest BCUT2D eigenvalue weighted by molar-refractivity contribution is 0.0203. The summed E-state index contributed by atoms with van der Waals surface area (Å²) in [6.45, 7) is 6.33. The largest absolute Gasteiger partial charge is 0.444 e. The first-order valence-electron chi connectivity index (χ1n) is 8.63. The molecule has 0 atom stereocenters. The van der Waals surface area contributed by atoms with Gasteiger partial charge in [-0.1, -0.05) is 0 Å². The Bertz CT molecular complexity index is 780. The number of hydrogen-bond donors (Lipinski definition) is 3. The molecule has 2 rings (SSSR count). The molecule has 4 N–H and O–H groups in total. The number of nitrogens with one attached hydrogen (secondary N) is 2. The second-order valence-corrected chi connectivity index (χ2v) is 9.53. The first-order valence-corrected chi connectivity index (χ1v) is 10.5. The highest BCUT2D eigenvalue weighted by Crippen LogP contribution is 2.19. The lowest BCUT2D eigenvalue weighted by Gasteiger charge is -2.33. The normalized spacial score (nSPS) is 16.0. The van der Waals surface area contributed by atoms with Gasteiger partial charge in [0.1, 0.15) is 5.60 Å². The third-order valence-electron chi connectivity index (χ3n) is 3.90. The molecule has 0 radical (unpaired) electrons. The molecule has 1 aliphatic rings. The van der Waals surface area contributed by atoms with Gasteiger partial charge < -0.3 is 20.7 Å². The molecule has 0 aromatic heterocycles. The van der Waals surface area contributed by atoms with Crippen LogP contribution in [0.25, 0.3) is 0 Å². The molecule has 1 aromatic carbocycles. The van der Waals surface area contributed by atoms with Crippen molar-refractivity contribution in [1.82, 2.24) is 9.62 Å². The van der Waals surface area contributed by atoms with E-state index in [9.17, 15) is 13.2 Å². The van der Waals surface area contributed by atoms with Crippen LogP contribution in [0.15, 0.2) is 29.2 Å². The number of carbonyl (C=O) groups excluding carboxylic acids is 1. The minimum absolute atomic E-state index is 0.112. The summed E-state index contributed by atoms with van der Waals surface area (Å²) >= 11 is 4.75. The van der Waals surface area contributed by atoms with Crippen LogP contribution >= 0.6 is 12.2 Å². The molecule has 1 saturated heterocycles. The maximum atomic E-state index is 12.5. The third-order valence-corrected chi connectivity index (χ3v) is 5.54. The standard InChI is InChI=1S/C17H26N4O4S2/c1-17(2,3)25-16(22)21-10-8-13(9-11-21)20-27(23,24)14-6-4-12(5-7-14)19-15(18)26/h4-7,13,20H,8-11H2,1-3H3,(H3,18,19,26). The quantitative estimate of drug-likeness (QED) is 0.646. The molecule has 1 aliphatic heterocycles. The molecule has 10 heteroatoms. The lowest BCUT2D eigenvalue weighted by Crippen LogP contribution is -2.47. The Morgan fingerprint density at radius 1 is 1.22 bits per heavy atom. The summed E-state index contributed by atoms with van der Waals surface area (Å²) in [5, 5.41) is 2.85. The van der Waals surface area contributed by atoms with E-state index in [1.54, 1.807) is 17.0 Å². The first kappa shape index (κ1) is 21.4. The Hall–Kier alpha value is -1.91. The van der Waals surface area contributed by atoms with Gasteiger partial charge in [-0.15, -0.1) is 0 Å². The number of piperidine rings is 1. The molecule has 0 bridgehead atoms. The molecule has 0 aliphatic carbocycles. The van der Waals surface area contributed by atoms with E-state index in [4.69, 9.17) is 22.7 Å². The molecule has 8 nitrogen and oxygen atoms in total. The minimum Gasteiger partial charge on any atom is -0.444 e. The summed E-state index contributed by atoms with van der Waals surface area (Å²) in [4.78, 5) is 13.8. The number of likely N-dealkylation sites (tertiary alicyclic amines) is 1. The predicted molar refractivity (Wildman–Crippen MR) is 108 cm³/mol. The fourth-order valence-electron chi connectivity index (χ4n) is 2.65. The molecule has 0 spiro atoms. The molecule has 1 amide bonds. The first-order chi connectivity index (χ1) is 12.5. The third kappa shape index (κ3) is 6.64. The van der Waals surface area contributed by atoms with Gasteiger partial charge in [0, 0.05) is 24.8 Å². The van der Waals surface area contributed by atoms with Gasteiger partial charge in [-0.2, -0.15) is 0 Å². The lowest BCUT2D eigenvalue weighted by atomic mass is 10.1. The molecular weight excluding hydrogens is 388 g/mol. The van der Waals surface area contributed by atoms with Gasteiger partial charge in [0.2, 0.25) is 10.0 Å². The Morgan fingerprint density at radius 2 is 1.78 bits per heavy atom. The van der Waals surface area contributed by atoms with Gasteiger partial charge in [0.25, 0.3) is 0 Å². The molecule has 27 heavy (non-hydrogen) atoms. The van der Waals surface area contributed by atoms with Crippen molar-refractivity contribution in [3.8, 4) is 0 Å². The van der Waals surface area contributed by atoms with Crippen LogP contribution in [0.4, 0.5) is 10.5 Å². The number of nitrogens with zero attached hydrogens (tertiary/aromatic N) is 1. The van der Waals surface area contributed by atoms with Crippen LogP contribution in [-0.4, -0.2) is 49.3 Å². The average Bonchev–Trinajstić information content (AvgIpc) is 2.53. The topological polar surface area (TPSA) is 114 Å². The SMILES string of the molecule is CC(C)(C)OC(=O)N1CCC(NS(=O)(=O)c2ccc(NC(N)=S)cc2)CC1. The zero-order chi connectivity index (χ0) is 20.2. The Labute approximate surface area is 165 Å². The van der Waals surface area contributed by atoms with Crippen molar-refractivity contribution < 1.29 is 17.9 Å². The van der Waals surface area contributed by atoms with E-state index in [-0.39, 0.29) is 22.1 Å². The number of sulfonamides is 1. The van der Waals surface area contributed by atoms with E-state index in [2.05, 4.69) is 10.0 Å². The van der Waals surface area contributed by atoms with E-state index in [1.807, 2.05) is 20.8 Å². The van der Waals surface area contributed by atoms with Crippen LogP contribution in [0.3, 0.4) is 0 Å². The summed E-state index contributed by atoms with van der Waals surface area (Å²) in [5.74, 6) is 0. The number of carbonyl (C=O) groups is 1. The maximum absolute atomic E-state index is 12.5. The highest BCUT2D eigenvalue weighted by molar-refractivity contribution is 7.89. The summed E-state index contributed by atoms with van der Waals surface area (Å²) in [5.41, 5.74) is 5.46. The van der Waals surface area contributed by atoms with E-state index in [0.29, 0.717) is 31.6 Å². The van der Waals surface area contributed by atoms with Crippen molar-refractivity contribution in [3.63, 3.8) is 0 Å². The Kier molecular flexibility index (Phi) is 6.66. The van der Waals surface area contributed by atoms with E-state index in [1.165, 1.54) is 12.1 Å². The van der Waals surface area contributed by atoms with Crippen LogP contribution in [0.2, 0.25) is 0 Å². The van der Waals surface area contributed by atoms with E-state index in [0.717, 1.165) is 0 Å². The molecule has 1 fully saturated rings. The van der Waals surface area contributed by atoms with Crippen LogP contribution in [-0.2, 0) is 14.8 Å². The fourth-order valence-corrected chi connectivity index (χ4v) is 4.08. The highest BCUT2D eigenvalue weighted by Gasteiger charge is 2.29. The van der Waals surface area contributed by atoms with Gasteiger partial charge in [-0.3, -0.25) is 0 Å². The molecule has 0 unspecified atom stereocenters. The van der Waals surface area contributed by atoms with Gasteiger partial charge in [0.05, 0.1) is 4.90 Å². The zero-order valence-electron chi connectivity index (χ0n) is 15.7. The van der Waals surface area contributed by atoms with Gasteiger partial charge in [-0.05, 0) is 70.1 Å². The number of hydrogen-bond acceptors (Lipinski definition) is 5. The molecule has 1 aromatic rings. The van der Waals surface area contributed by atoms with Crippen LogP contribution in [0.1, 0.15) is 33.6 Å². The number of thiocarbonyl (C=S) groups is 1. The van der Waals surface area contributed by atoms with Gasteiger partial charge in [0.15, 0.2) is 5.11 Å². The molecule has 150 valence electrons. The number of benzene rings is 1. The van der Waals surface area contributed by atoms with E-state index >= 15 is 0 Å². The van der Waals surface area contributed by atoms with Crippen molar-refractivity contribution in [2.24, 2.45) is 5.73 Å². The highest BCUT2D eigenvalue weighted by atomic mass is 32.2. The smallest absolute Gasteiger partial charge is 0.410 e. The van der Waals surface area contributed by atoms with Crippen molar-refractivity contribution >= 4 is 39.1 Å². The van der Waals surface area contributed by atoms with Crippen molar-refractivity contribution in [3.05, 3.63) is 24.3 Å². The number of ether oxygens (including phenoxy) is 1. The Balaban J connectivity index is 1.92. The van der Waals surface area contributed by atoms with Crippen molar-refractivity contribution in [1.29, 1.82) is 0 Å². The monoisotopic (exact) mass is 414 g/mol. The number of nitrogens with two attached hydrogens (primary N) is 1. The Morgan fingerprint density at radius 3 is 2.26 bits per heavy atom. The number of amides is 1. The second kappa shape index (κ2) is 8.41. The predicted octanol–water partition coefficient (Wildman–Crippen LogP) is 2.02. The van der Waals surface area contributed by atoms with Crippen LogP contribution in [0, 0.1) is 0 Å². The fraction of sp³-hybridized carbons (Fsp3) is 0.529. The summed E-state index contributed by atoms with van der Waals surface area (Å²) < 4.78 is 33.1. The van der Waals surface area contributed by atoms with Crippen LogP contribution < -0.4 is 15.8 Å². The summed E-state index contributed by atoms with van der Waals surface area (Å²) in [7, 11) is -3.65. The molecule has 1 heterocycles. The molecule has 0 saturated carbocycles. The van der Waals surface area contributed by atoms with E-state index < -0.39 is 15.6 Å². The van der Waals surface area contributed by atoms with Crippen molar-refractivity contribution in [2.45, 2.75) is 50.2 Å². The minimum atomic E-state index is -3.65. The van der Waals surface area contributed by atoms with Gasteiger partial charge >= 0.3 is 6.09 Å². The second-order valence-electron chi connectivity index (χ2n) is 7.38. The zero-order valence-corrected chi connectivity index (χ0v) is 17.3.